The van der Waals surface area contributed by atoms with Crippen molar-refractivity contribution in [2.75, 3.05) is 5.32 Å². The summed E-state index contributed by atoms with van der Waals surface area (Å²) in [4.78, 5) is 16.4. The molecule has 0 saturated heterocycles. The molecule has 0 aliphatic rings. The van der Waals surface area contributed by atoms with E-state index in [2.05, 4.69) is 39.4 Å². The van der Waals surface area contributed by atoms with Gasteiger partial charge < -0.3 is 0 Å². The Labute approximate surface area is 117 Å². The number of amides is 1. The minimum atomic E-state index is -0.239. The summed E-state index contributed by atoms with van der Waals surface area (Å²) in [5, 5.41) is 13.7. The third kappa shape index (κ3) is 2.87. The number of anilines is 1. The fourth-order valence-electron chi connectivity index (χ4n) is 2.16. The number of hydrogen-bond acceptors (Lipinski definition) is 4. The molecule has 0 aromatic carbocycles. The van der Waals surface area contributed by atoms with Gasteiger partial charge in [-0.25, -0.2) is 0 Å². The Morgan fingerprint density at radius 1 is 1.40 bits per heavy atom. The van der Waals surface area contributed by atoms with Gasteiger partial charge in [-0.3, -0.25) is 19.9 Å². The van der Waals surface area contributed by atoms with Crippen molar-refractivity contribution in [3.63, 3.8) is 0 Å². The zero-order valence-corrected chi connectivity index (χ0v) is 12.3. The molecule has 2 N–H and O–H groups in total. The zero-order chi connectivity index (χ0) is 14.7. The van der Waals surface area contributed by atoms with Crippen LogP contribution in [-0.4, -0.2) is 30.9 Å². The van der Waals surface area contributed by atoms with E-state index >= 15 is 0 Å². The highest BCUT2D eigenvalue weighted by molar-refractivity contribution is 6.02. The predicted molar refractivity (Wildman–Crippen MR) is 75.7 cm³/mol. The molecule has 20 heavy (non-hydrogen) atoms. The Morgan fingerprint density at radius 2 is 2.10 bits per heavy atom. The first-order valence-corrected chi connectivity index (χ1v) is 6.81. The molecule has 108 valence electrons. The molecular formula is C13H20N6O. The third-order valence-electron chi connectivity index (χ3n) is 3.20. The standard InChI is InChI=1S/C13H20N6O/c1-5-10(6-2)19-11(7-8(3)18-19)12(20)15-13-14-9(4)16-17-13/h7,10H,5-6H2,1-4H3,(H2,14,15,16,17,20). The van der Waals surface area contributed by atoms with Crippen LogP contribution in [0.25, 0.3) is 0 Å². The van der Waals surface area contributed by atoms with Crippen molar-refractivity contribution in [3.05, 3.63) is 23.3 Å². The zero-order valence-electron chi connectivity index (χ0n) is 12.3. The Balaban J connectivity index is 2.25. The number of nitrogens with zero attached hydrogens (tertiary/aromatic N) is 4. The predicted octanol–water partition coefficient (Wildman–Crippen LogP) is 2.23. The second kappa shape index (κ2) is 5.85. The summed E-state index contributed by atoms with van der Waals surface area (Å²) in [6.45, 7) is 7.84. The lowest BCUT2D eigenvalue weighted by atomic mass is 10.1. The van der Waals surface area contributed by atoms with Gasteiger partial charge in [0.25, 0.3) is 5.91 Å². The highest BCUT2D eigenvalue weighted by Gasteiger charge is 2.19. The van der Waals surface area contributed by atoms with Gasteiger partial charge in [-0.2, -0.15) is 10.1 Å². The largest absolute Gasteiger partial charge is 0.288 e. The summed E-state index contributed by atoms with van der Waals surface area (Å²) >= 11 is 0. The van der Waals surface area contributed by atoms with Crippen LogP contribution in [0.1, 0.15) is 54.7 Å². The van der Waals surface area contributed by atoms with Crippen LogP contribution in [0.15, 0.2) is 6.07 Å². The molecule has 0 spiro atoms. The normalized spacial score (nSPS) is 11.1. The van der Waals surface area contributed by atoms with E-state index in [1.165, 1.54) is 0 Å². The first-order valence-electron chi connectivity index (χ1n) is 6.81. The summed E-state index contributed by atoms with van der Waals surface area (Å²) in [6.07, 6.45) is 1.86. The second-order valence-electron chi connectivity index (χ2n) is 4.78. The van der Waals surface area contributed by atoms with Crippen molar-refractivity contribution >= 4 is 11.9 Å². The van der Waals surface area contributed by atoms with Crippen LogP contribution in [0.2, 0.25) is 0 Å². The SMILES string of the molecule is CCC(CC)n1nc(C)cc1C(=O)Nc1n[nH]c(C)n1. The molecule has 2 aromatic heterocycles. The molecule has 0 fully saturated rings. The van der Waals surface area contributed by atoms with E-state index in [9.17, 15) is 4.79 Å². The minimum absolute atomic E-state index is 0.221. The van der Waals surface area contributed by atoms with Gasteiger partial charge in [0.2, 0.25) is 5.95 Å². The molecule has 0 atom stereocenters. The molecule has 2 heterocycles. The van der Waals surface area contributed by atoms with Crippen molar-refractivity contribution in [2.45, 2.75) is 46.6 Å². The quantitative estimate of drug-likeness (QED) is 0.876. The van der Waals surface area contributed by atoms with Crippen molar-refractivity contribution in [2.24, 2.45) is 0 Å². The van der Waals surface area contributed by atoms with Crippen LogP contribution < -0.4 is 5.32 Å². The molecule has 0 unspecified atom stereocenters. The molecule has 0 radical (unpaired) electrons. The number of aryl methyl sites for hydroxylation is 2. The highest BCUT2D eigenvalue weighted by atomic mass is 16.2. The maximum Gasteiger partial charge on any atom is 0.276 e. The molecule has 7 heteroatoms. The lowest BCUT2D eigenvalue weighted by Crippen LogP contribution is -2.21. The van der Waals surface area contributed by atoms with Gasteiger partial charge in [-0.05, 0) is 32.8 Å². The van der Waals surface area contributed by atoms with E-state index in [-0.39, 0.29) is 17.9 Å². The van der Waals surface area contributed by atoms with Gasteiger partial charge >= 0.3 is 0 Å². The number of H-pyrrole nitrogens is 1. The topological polar surface area (TPSA) is 88.5 Å². The van der Waals surface area contributed by atoms with E-state index in [0.717, 1.165) is 18.5 Å². The molecule has 0 aliphatic carbocycles. The van der Waals surface area contributed by atoms with Gasteiger partial charge in [-0.15, -0.1) is 5.10 Å². The number of aromatic amines is 1. The van der Waals surface area contributed by atoms with E-state index < -0.39 is 0 Å². The summed E-state index contributed by atoms with van der Waals surface area (Å²) in [5.74, 6) is 0.698. The summed E-state index contributed by atoms with van der Waals surface area (Å²) in [7, 11) is 0. The number of rotatable bonds is 5. The fraction of sp³-hybridized carbons (Fsp3) is 0.538. The Morgan fingerprint density at radius 3 is 2.65 bits per heavy atom. The Kier molecular flexibility index (Phi) is 4.16. The molecule has 2 aromatic rings. The molecule has 7 nitrogen and oxygen atoms in total. The molecule has 0 bridgehead atoms. The lowest BCUT2D eigenvalue weighted by molar-refractivity contribution is 0.101. The third-order valence-corrected chi connectivity index (χ3v) is 3.20. The summed E-state index contributed by atoms with van der Waals surface area (Å²) in [5.41, 5.74) is 1.37. The Bertz CT molecular complexity index is 596. The van der Waals surface area contributed by atoms with Gasteiger partial charge in [0.1, 0.15) is 11.5 Å². The number of carbonyl (C=O) groups is 1. The van der Waals surface area contributed by atoms with Crippen LogP contribution in [0, 0.1) is 13.8 Å². The highest BCUT2D eigenvalue weighted by Crippen LogP contribution is 2.19. The van der Waals surface area contributed by atoms with Crippen LogP contribution in [0.4, 0.5) is 5.95 Å². The van der Waals surface area contributed by atoms with Gasteiger partial charge in [0, 0.05) is 0 Å². The fourth-order valence-corrected chi connectivity index (χ4v) is 2.16. The van der Waals surface area contributed by atoms with Crippen molar-refractivity contribution < 1.29 is 4.79 Å². The average molecular weight is 276 g/mol. The van der Waals surface area contributed by atoms with E-state index in [1.807, 2.05) is 6.92 Å². The monoisotopic (exact) mass is 276 g/mol. The molecule has 0 saturated carbocycles. The van der Waals surface area contributed by atoms with Crippen molar-refractivity contribution in [1.29, 1.82) is 0 Å². The van der Waals surface area contributed by atoms with E-state index in [1.54, 1.807) is 17.7 Å². The molecule has 0 aliphatic heterocycles. The Hall–Kier alpha value is -2.18. The van der Waals surface area contributed by atoms with Crippen molar-refractivity contribution in [3.8, 4) is 0 Å². The van der Waals surface area contributed by atoms with Crippen molar-refractivity contribution in [1.82, 2.24) is 25.0 Å². The van der Waals surface area contributed by atoms with Gasteiger partial charge in [-0.1, -0.05) is 13.8 Å². The van der Waals surface area contributed by atoms with E-state index in [0.29, 0.717) is 11.5 Å². The van der Waals surface area contributed by atoms with Crippen LogP contribution >= 0.6 is 0 Å². The number of nitrogens with one attached hydrogen (secondary N) is 2. The number of hydrogen-bond donors (Lipinski definition) is 2. The maximum atomic E-state index is 12.3. The van der Waals surface area contributed by atoms with Crippen LogP contribution in [-0.2, 0) is 0 Å². The number of aromatic nitrogens is 5. The molecular weight excluding hydrogens is 256 g/mol. The lowest BCUT2D eigenvalue weighted by Gasteiger charge is -2.15. The maximum absolute atomic E-state index is 12.3. The average Bonchev–Trinajstić information content (AvgIpc) is 2.98. The first-order chi connectivity index (χ1) is 9.55. The van der Waals surface area contributed by atoms with E-state index in [4.69, 9.17) is 0 Å². The van der Waals surface area contributed by atoms with Crippen LogP contribution in [0.5, 0.6) is 0 Å². The summed E-state index contributed by atoms with van der Waals surface area (Å²) in [6, 6.07) is 2.01. The summed E-state index contributed by atoms with van der Waals surface area (Å²) < 4.78 is 1.80. The minimum Gasteiger partial charge on any atom is -0.288 e. The molecule has 2 rings (SSSR count). The molecule has 1 amide bonds. The van der Waals surface area contributed by atoms with Crippen LogP contribution in [0.3, 0.4) is 0 Å². The second-order valence-corrected chi connectivity index (χ2v) is 4.78. The smallest absolute Gasteiger partial charge is 0.276 e. The number of carbonyl (C=O) groups excluding carboxylic acids is 1. The van der Waals surface area contributed by atoms with Gasteiger partial charge in [0.15, 0.2) is 0 Å². The van der Waals surface area contributed by atoms with Gasteiger partial charge in [0.05, 0.1) is 11.7 Å². The first kappa shape index (κ1) is 14.2.